The molecule has 2 aromatic rings. The second kappa shape index (κ2) is 5.59. The van der Waals surface area contributed by atoms with Crippen molar-refractivity contribution in [2.24, 2.45) is 5.73 Å². The molecule has 0 aromatic heterocycles. The zero-order chi connectivity index (χ0) is 14.2. The van der Waals surface area contributed by atoms with Crippen LogP contribution in [0.4, 0.5) is 0 Å². The van der Waals surface area contributed by atoms with Gasteiger partial charge in [-0.3, -0.25) is 4.79 Å². The number of amides is 1. The third-order valence-electron chi connectivity index (χ3n) is 2.57. The molecule has 0 saturated heterocycles. The fourth-order valence-electron chi connectivity index (χ4n) is 1.66. The van der Waals surface area contributed by atoms with Crippen LogP contribution in [-0.2, 0) is 0 Å². The van der Waals surface area contributed by atoms with E-state index in [2.05, 4.69) is 0 Å². The summed E-state index contributed by atoms with van der Waals surface area (Å²) in [7, 11) is 0. The molecule has 0 radical (unpaired) electrons. The van der Waals surface area contributed by atoms with Gasteiger partial charge in [0.1, 0.15) is 0 Å². The first-order valence-electron chi connectivity index (χ1n) is 5.15. The highest BCUT2D eigenvalue weighted by atomic mass is 35.5. The fraction of sp³-hybridized carbons (Fsp3) is 0. The van der Waals surface area contributed by atoms with Gasteiger partial charge in [-0.05, 0) is 29.8 Å². The lowest BCUT2D eigenvalue weighted by Gasteiger charge is -2.10. The van der Waals surface area contributed by atoms with Crippen LogP contribution >= 0.6 is 46.4 Å². The second-order valence-corrected chi connectivity index (χ2v) is 5.38. The molecule has 0 fully saturated rings. The second-order valence-electron chi connectivity index (χ2n) is 3.78. The average Bonchev–Trinajstić information content (AvgIpc) is 2.34. The van der Waals surface area contributed by atoms with Crippen LogP contribution < -0.4 is 5.73 Å². The van der Waals surface area contributed by atoms with Gasteiger partial charge in [0.05, 0.1) is 20.6 Å². The van der Waals surface area contributed by atoms with Gasteiger partial charge < -0.3 is 5.73 Å². The van der Waals surface area contributed by atoms with Crippen LogP contribution in [0.3, 0.4) is 0 Å². The first-order chi connectivity index (χ1) is 8.91. The van der Waals surface area contributed by atoms with Gasteiger partial charge in [-0.2, -0.15) is 0 Å². The molecular weight excluding hydrogens is 328 g/mol. The Balaban J connectivity index is 2.64. The zero-order valence-electron chi connectivity index (χ0n) is 9.38. The third kappa shape index (κ3) is 2.82. The van der Waals surface area contributed by atoms with Crippen molar-refractivity contribution in [3.8, 4) is 11.1 Å². The van der Waals surface area contributed by atoms with Gasteiger partial charge in [0, 0.05) is 10.6 Å². The van der Waals surface area contributed by atoms with Crippen molar-refractivity contribution in [2.75, 3.05) is 0 Å². The summed E-state index contributed by atoms with van der Waals surface area (Å²) in [5.41, 5.74) is 6.65. The van der Waals surface area contributed by atoms with Gasteiger partial charge >= 0.3 is 0 Å². The summed E-state index contributed by atoms with van der Waals surface area (Å²) < 4.78 is 0. The Morgan fingerprint density at radius 1 is 0.895 bits per heavy atom. The molecule has 0 spiro atoms. The van der Waals surface area contributed by atoms with E-state index >= 15 is 0 Å². The van der Waals surface area contributed by atoms with Gasteiger partial charge in [-0.15, -0.1) is 0 Å². The van der Waals surface area contributed by atoms with E-state index in [0.29, 0.717) is 26.2 Å². The highest BCUT2D eigenvalue weighted by Crippen LogP contribution is 2.40. The number of halogens is 4. The summed E-state index contributed by atoms with van der Waals surface area (Å²) in [5, 5.41) is 1.39. The van der Waals surface area contributed by atoms with Crippen molar-refractivity contribution < 1.29 is 4.79 Å². The molecule has 0 aliphatic rings. The minimum absolute atomic E-state index is 0.233. The lowest BCUT2D eigenvalue weighted by atomic mass is 10.0. The normalized spacial score (nSPS) is 10.5. The minimum atomic E-state index is -0.597. The van der Waals surface area contributed by atoms with Crippen LogP contribution in [0.5, 0.6) is 0 Å². The van der Waals surface area contributed by atoms with Crippen molar-refractivity contribution in [3.05, 3.63) is 56.0 Å². The molecular formula is C13H7Cl4NO. The number of hydrogen-bond acceptors (Lipinski definition) is 1. The smallest absolute Gasteiger partial charge is 0.250 e. The monoisotopic (exact) mass is 333 g/mol. The maximum absolute atomic E-state index is 11.1. The molecule has 0 aliphatic carbocycles. The van der Waals surface area contributed by atoms with E-state index in [1.165, 1.54) is 6.07 Å². The van der Waals surface area contributed by atoms with E-state index in [-0.39, 0.29) is 10.6 Å². The van der Waals surface area contributed by atoms with Gasteiger partial charge in [-0.25, -0.2) is 0 Å². The highest BCUT2D eigenvalue weighted by Gasteiger charge is 2.14. The van der Waals surface area contributed by atoms with Crippen LogP contribution in [0, 0.1) is 0 Å². The Bertz CT molecular complexity index is 670. The number of hydrogen-bond donors (Lipinski definition) is 1. The van der Waals surface area contributed by atoms with E-state index in [9.17, 15) is 4.79 Å². The van der Waals surface area contributed by atoms with Crippen molar-refractivity contribution >= 4 is 52.3 Å². The van der Waals surface area contributed by atoms with E-state index in [0.717, 1.165) is 0 Å². The maximum Gasteiger partial charge on any atom is 0.250 e. The number of benzene rings is 2. The number of nitrogens with two attached hydrogens (primary N) is 1. The molecule has 0 aliphatic heterocycles. The average molecular weight is 335 g/mol. The van der Waals surface area contributed by atoms with Gasteiger partial charge in [0.2, 0.25) is 5.91 Å². The Hall–Kier alpha value is -0.930. The predicted octanol–water partition coefficient (Wildman–Crippen LogP) is 5.07. The van der Waals surface area contributed by atoms with Crippen LogP contribution in [0.2, 0.25) is 20.1 Å². The fourth-order valence-corrected chi connectivity index (χ4v) is 2.68. The molecule has 2 nitrogen and oxygen atoms in total. The molecule has 2 aromatic carbocycles. The van der Waals surface area contributed by atoms with Crippen molar-refractivity contribution in [3.63, 3.8) is 0 Å². The largest absolute Gasteiger partial charge is 0.366 e. The van der Waals surface area contributed by atoms with Crippen LogP contribution in [0.15, 0.2) is 30.3 Å². The Morgan fingerprint density at radius 3 is 2.11 bits per heavy atom. The Kier molecular flexibility index (Phi) is 4.26. The lowest BCUT2D eigenvalue weighted by Crippen LogP contribution is -2.11. The summed E-state index contributed by atoms with van der Waals surface area (Å²) in [5.74, 6) is -0.597. The molecule has 0 saturated carbocycles. The molecule has 98 valence electrons. The first-order valence-corrected chi connectivity index (χ1v) is 6.66. The van der Waals surface area contributed by atoms with Gasteiger partial charge in [0.15, 0.2) is 0 Å². The molecule has 0 bridgehead atoms. The van der Waals surface area contributed by atoms with Crippen molar-refractivity contribution in [1.29, 1.82) is 0 Å². The lowest BCUT2D eigenvalue weighted by molar-refractivity contribution is 0.100. The van der Waals surface area contributed by atoms with Crippen LogP contribution in [-0.4, -0.2) is 5.91 Å². The van der Waals surface area contributed by atoms with Crippen LogP contribution in [0.25, 0.3) is 11.1 Å². The van der Waals surface area contributed by atoms with E-state index in [1.807, 2.05) is 0 Å². The summed E-state index contributed by atoms with van der Waals surface area (Å²) >= 11 is 24.2. The molecule has 2 rings (SSSR count). The van der Waals surface area contributed by atoms with Crippen LogP contribution in [0.1, 0.15) is 10.4 Å². The van der Waals surface area contributed by atoms with E-state index < -0.39 is 5.91 Å². The minimum Gasteiger partial charge on any atom is -0.366 e. The number of carbonyl (C=O) groups excluding carboxylic acids is 1. The van der Waals surface area contributed by atoms with Gasteiger partial charge in [-0.1, -0.05) is 52.5 Å². The van der Waals surface area contributed by atoms with E-state index in [4.69, 9.17) is 52.1 Å². The SMILES string of the molecule is NC(=O)c1ccc(-c2c(Cl)ccc(Cl)c2Cl)cc1Cl. The van der Waals surface area contributed by atoms with Crippen molar-refractivity contribution in [2.45, 2.75) is 0 Å². The number of primary amides is 1. The molecule has 0 heterocycles. The predicted molar refractivity (Wildman–Crippen MR) is 80.4 cm³/mol. The van der Waals surface area contributed by atoms with Gasteiger partial charge in [0.25, 0.3) is 0 Å². The standard InChI is InChI=1S/C13H7Cl4NO/c14-8-3-4-9(15)12(17)11(8)6-1-2-7(13(18)19)10(16)5-6/h1-5H,(H2,18,19). The number of carbonyl (C=O) groups is 1. The molecule has 6 heteroatoms. The maximum atomic E-state index is 11.1. The third-order valence-corrected chi connectivity index (χ3v) is 4.00. The number of rotatable bonds is 2. The van der Waals surface area contributed by atoms with Crippen molar-refractivity contribution in [1.82, 2.24) is 0 Å². The molecule has 19 heavy (non-hydrogen) atoms. The molecule has 1 amide bonds. The Morgan fingerprint density at radius 2 is 1.53 bits per heavy atom. The zero-order valence-corrected chi connectivity index (χ0v) is 12.4. The molecule has 0 unspecified atom stereocenters. The quantitative estimate of drug-likeness (QED) is 0.766. The first kappa shape index (κ1) is 14.5. The highest BCUT2D eigenvalue weighted by molar-refractivity contribution is 6.46. The summed E-state index contributed by atoms with van der Waals surface area (Å²) in [6.07, 6.45) is 0. The Labute approximate surface area is 130 Å². The summed E-state index contributed by atoms with van der Waals surface area (Å²) in [6, 6.07) is 8.00. The summed E-state index contributed by atoms with van der Waals surface area (Å²) in [4.78, 5) is 11.1. The molecule has 0 atom stereocenters. The topological polar surface area (TPSA) is 43.1 Å². The molecule has 2 N–H and O–H groups in total. The van der Waals surface area contributed by atoms with E-state index in [1.54, 1.807) is 24.3 Å². The summed E-state index contributed by atoms with van der Waals surface area (Å²) in [6.45, 7) is 0.